The van der Waals surface area contributed by atoms with Crippen molar-refractivity contribution in [1.29, 1.82) is 0 Å². The van der Waals surface area contributed by atoms with Gasteiger partial charge < -0.3 is 0 Å². The third-order valence-electron chi connectivity index (χ3n) is 3.21. The molecular formula is C14H17NS. The molecule has 0 N–H and O–H groups in total. The van der Waals surface area contributed by atoms with Crippen LogP contribution in [-0.4, -0.2) is 4.98 Å². The molecule has 2 aromatic rings. The molecule has 0 radical (unpaired) electrons. The lowest BCUT2D eigenvalue weighted by Gasteiger charge is -2.20. The molecule has 0 spiro atoms. The molecule has 84 valence electrons. The van der Waals surface area contributed by atoms with Crippen molar-refractivity contribution in [2.45, 2.75) is 32.6 Å². The number of nitrogens with zero attached hydrogens (tertiary/aromatic N) is 1. The highest BCUT2D eigenvalue weighted by atomic mass is 32.1. The number of hydrogen-bond acceptors (Lipinski definition) is 2. The van der Waals surface area contributed by atoms with E-state index in [0.717, 1.165) is 6.42 Å². The molecule has 0 bridgehead atoms. The van der Waals surface area contributed by atoms with Crippen molar-refractivity contribution in [1.82, 2.24) is 4.98 Å². The van der Waals surface area contributed by atoms with Crippen LogP contribution >= 0.6 is 11.3 Å². The molecular weight excluding hydrogens is 214 g/mol. The van der Waals surface area contributed by atoms with Crippen LogP contribution in [-0.2, 0) is 5.41 Å². The van der Waals surface area contributed by atoms with Gasteiger partial charge in [-0.1, -0.05) is 26.8 Å². The molecule has 0 aliphatic carbocycles. The van der Waals surface area contributed by atoms with Crippen molar-refractivity contribution in [2.24, 2.45) is 0 Å². The molecule has 0 atom stereocenters. The minimum atomic E-state index is 0.275. The van der Waals surface area contributed by atoms with E-state index in [2.05, 4.69) is 43.3 Å². The molecule has 2 heterocycles. The van der Waals surface area contributed by atoms with E-state index in [4.69, 9.17) is 0 Å². The minimum Gasteiger partial charge on any atom is -0.264 e. The quantitative estimate of drug-likeness (QED) is 0.758. The van der Waals surface area contributed by atoms with E-state index < -0.39 is 0 Å². The smallest absolute Gasteiger partial charge is 0.0361 e. The van der Waals surface area contributed by atoms with Gasteiger partial charge in [-0.05, 0) is 34.9 Å². The van der Waals surface area contributed by atoms with E-state index in [1.54, 1.807) is 11.3 Å². The maximum atomic E-state index is 4.16. The first-order chi connectivity index (χ1) is 7.63. The Hall–Kier alpha value is -1.15. The minimum absolute atomic E-state index is 0.275. The van der Waals surface area contributed by atoms with Crippen LogP contribution in [0.2, 0.25) is 0 Å². The molecule has 0 aromatic carbocycles. The van der Waals surface area contributed by atoms with Gasteiger partial charge in [-0.2, -0.15) is 0 Å². The van der Waals surface area contributed by atoms with E-state index in [1.165, 1.54) is 16.0 Å². The normalized spacial score (nSPS) is 11.7. The van der Waals surface area contributed by atoms with Gasteiger partial charge in [0, 0.05) is 22.8 Å². The number of rotatable bonds is 3. The Kier molecular flexibility index (Phi) is 3.10. The van der Waals surface area contributed by atoms with E-state index in [9.17, 15) is 0 Å². The topological polar surface area (TPSA) is 12.9 Å². The highest BCUT2D eigenvalue weighted by molar-refractivity contribution is 7.13. The maximum absolute atomic E-state index is 4.16. The van der Waals surface area contributed by atoms with Crippen LogP contribution in [0.4, 0.5) is 0 Å². The zero-order valence-corrected chi connectivity index (χ0v) is 10.8. The summed E-state index contributed by atoms with van der Waals surface area (Å²) in [5.41, 5.74) is 2.92. The predicted molar refractivity (Wildman–Crippen MR) is 70.9 cm³/mol. The molecule has 2 aromatic heterocycles. The molecule has 0 saturated heterocycles. The summed E-state index contributed by atoms with van der Waals surface area (Å²) >= 11 is 1.80. The molecule has 0 aliphatic rings. The van der Waals surface area contributed by atoms with Crippen LogP contribution in [0.3, 0.4) is 0 Å². The largest absolute Gasteiger partial charge is 0.264 e. The van der Waals surface area contributed by atoms with Gasteiger partial charge in [0.05, 0.1) is 0 Å². The molecule has 0 fully saturated rings. The number of pyridine rings is 1. The van der Waals surface area contributed by atoms with Gasteiger partial charge in [0.25, 0.3) is 0 Å². The molecule has 16 heavy (non-hydrogen) atoms. The van der Waals surface area contributed by atoms with E-state index in [1.807, 2.05) is 18.5 Å². The lowest BCUT2D eigenvalue weighted by Crippen LogP contribution is -2.13. The van der Waals surface area contributed by atoms with Gasteiger partial charge in [0.1, 0.15) is 0 Å². The van der Waals surface area contributed by atoms with Crippen molar-refractivity contribution < 1.29 is 0 Å². The Morgan fingerprint density at radius 1 is 1.38 bits per heavy atom. The van der Waals surface area contributed by atoms with Gasteiger partial charge in [-0.15, -0.1) is 11.3 Å². The summed E-state index contributed by atoms with van der Waals surface area (Å²) in [6.07, 6.45) is 4.90. The Balaban J connectivity index is 2.34. The molecule has 0 unspecified atom stereocenters. The SMILES string of the molecule is CCC(C)(C)c1csc(-c2cccnc2)c1. The Bertz CT molecular complexity index is 457. The lowest BCUT2D eigenvalue weighted by molar-refractivity contribution is 0.508. The van der Waals surface area contributed by atoms with E-state index in [0.29, 0.717) is 0 Å². The first-order valence-electron chi connectivity index (χ1n) is 5.63. The van der Waals surface area contributed by atoms with E-state index in [-0.39, 0.29) is 5.41 Å². The summed E-state index contributed by atoms with van der Waals surface area (Å²) in [4.78, 5) is 5.47. The summed E-state index contributed by atoms with van der Waals surface area (Å²) in [6.45, 7) is 6.82. The van der Waals surface area contributed by atoms with Crippen LogP contribution in [0.25, 0.3) is 10.4 Å². The molecule has 0 aliphatic heterocycles. The van der Waals surface area contributed by atoms with Crippen LogP contribution in [0.15, 0.2) is 36.0 Å². The monoisotopic (exact) mass is 231 g/mol. The molecule has 0 amide bonds. The van der Waals surface area contributed by atoms with Crippen LogP contribution < -0.4 is 0 Å². The molecule has 2 rings (SSSR count). The van der Waals surface area contributed by atoms with Crippen molar-refractivity contribution in [3.05, 3.63) is 41.5 Å². The van der Waals surface area contributed by atoms with Crippen LogP contribution in [0.1, 0.15) is 32.8 Å². The second kappa shape index (κ2) is 4.38. The van der Waals surface area contributed by atoms with Gasteiger partial charge in [0.15, 0.2) is 0 Å². The third kappa shape index (κ3) is 2.17. The second-order valence-electron chi connectivity index (χ2n) is 4.68. The van der Waals surface area contributed by atoms with Crippen molar-refractivity contribution in [2.75, 3.05) is 0 Å². The summed E-state index contributed by atoms with van der Waals surface area (Å²) in [7, 11) is 0. The number of thiophene rings is 1. The zero-order valence-electron chi connectivity index (χ0n) is 10.0. The van der Waals surface area contributed by atoms with Gasteiger partial charge >= 0.3 is 0 Å². The standard InChI is InChI=1S/C14H17NS/c1-4-14(2,3)12-8-13(16-10-12)11-6-5-7-15-9-11/h5-10H,4H2,1-3H3. The fraction of sp³-hybridized carbons (Fsp3) is 0.357. The summed E-state index contributed by atoms with van der Waals surface area (Å²) in [5, 5.41) is 2.27. The highest BCUT2D eigenvalue weighted by Crippen LogP contribution is 2.34. The Labute approximate surface area is 101 Å². The van der Waals surface area contributed by atoms with Crippen molar-refractivity contribution >= 4 is 11.3 Å². The van der Waals surface area contributed by atoms with Gasteiger partial charge in [-0.3, -0.25) is 4.98 Å². The van der Waals surface area contributed by atoms with Crippen molar-refractivity contribution in [3.8, 4) is 10.4 Å². The predicted octanol–water partition coefficient (Wildman–Crippen LogP) is 4.50. The van der Waals surface area contributed by atoms with Crippen LogP contribution in [0, 0.1) is 0 Å². The number of aromatic nitrogens is 1. The first-order valence-corrected chi connectivity index (χ1v) is 6.51. The fourth-order valence-electron chi connectivity index (χ4n) is 1.56. The van der Waals surface area contributed by atoms with Gasteiger partial charge in [-0.25, -0.2) is 0 Å². The Morgan fingerprint density at radius 3 is 2.81 bits per heavy atom. The van der Waals surface area contributed by atoms with Crippen LogP contribution in [0.5, 0.6) is 0 Å². The highest BCUT2D eigenvalue weighted by Gasteiger charge is 2.19. The average molecular weight is 231 g/mol. The zero-order chi connectivity index (χ0) is 11.6. The Morgan fingerprint density at radius 2 is 2.19 bits per heavy atom. The first kappa shape index (κ1) is 11.3. The molecule has 1 nitrogen and oxygen atoms in total. The summed E-state index contributed by atoms with van der Waals surface area (Å²) in [6, 6.07) is 6.40. The third-order valence-corrected chi connectivity index (χ3v) is 4.19. The fourth-order valence-corrected chi connectivity index (χ4v) is 2.65. The number of hydrogen-bond donors (Lipinski definition) is 0. The molecule has 2 heteroatoms. The second-order valence-corrected chi connectivity index (χ2v) is 5.59. The molecule has 0 saturated carbocycles. The maximum Gasteiger partial charge on any atom is 0.0361 e. The van der Waals surface area contributed by atoms with Gasteiger partial charge in [0.2, 0.25) is 0 Å². The summed E-state index contributed by atoms with van der Waals surface area (Å²) in [5.74, 6) is 0. The lowest BCUT2D eigenvalue weighted by atomic mass is 9.84. The summed E-state index contributed by atoms with van der Waals surface area (Å²) < 4.78 is 0. The average Bonchev–Trinajstić information content (AvgIpc) is 2.80. The van der Waals surface area contributed by atoms with Crippen molar-refractivity contribution in [3.63, 3.8) is 0 Å². The van der Waals surface area contributed by atoms with E-state index >= 15 is 0 Å².